The molecule has 0 unspecified atom stereocenters. The third-order valence-corrected chi connectivity index (χ3v) is 5.13. The number of hydrogen-bond donors (Lipinski definition) is 6. The van der Waals surface area contributed by atoms with Gasteiger partial charge in [-0.3, -0.25) is 14.0 Å². The van der Waals surface area contributed by atoms with Gasteiger partial charge in [-0.05, 0) is 13.0 Å². The van der Waals surface area contributed by atoms with Crippen LogP contribution in [0.15, 0.2) is 0 Å². The highest BCUT2D eigenvalue weighted by Crippen LogP contribution is 2.40. The third kappa shape index (κ3) is 24.2. The van der Waals surface area contributed by atoms with Gasteiger partial charge in [-0.1, -0.05) is 64.7 Å². The molecule has 0 heterocycles. The first kappa shape index (κ1) is 29.9. The molecule has 0 amide bonds. The predicted octanol–water partition coefficient (Wildman–Crippen LogP) is 3.80. The molecule has 25 heavy (non-hydrogen) atoms. The molecule has 0 aliphatic heterocycles. The first-order chi connectivity index (χ1) is 10.6. The second-order valence-electron chi connectivity index (χ2n) is 6.19. The molecule has 0 aliphatic carbocycles. The van der Waals surface area contributed by atoms with Gasteiger partial charge in [0.1, 0.15) is 12.6 Å². The van der Waals surface area contributed by atoms with Crippen LogP contribution in [-0.4, -0.2) is 43.6 Å². The van der Waals surface area contributed by atoms with Gasteiger partial charge in [-0.15, -0.1) is 0 Å². The fourth-order valence-corrected chi connectivity index (χ4v) is 4.21. The Morgan fingerprint density at radius 1 is 0.640 bits per heavy atom. The molecule has 0 spiro atoms. The van der Waals surface area contributed by atoms with Crippen molar-refractivity contribution in [1.29, 1.82) is 0 Å². The molecule has 0 fully saturated rings. The quantitative estimate of drug-likeness (QED) is 0.173. The predicted molar refractivity (Wildman–Crippen MR) is 102 cm³/mol. The van der Waals surface area contributed by atoms with Crippen LogP contribution in [0.4, 0.5) is 0 Å². The van der Waals surface area contributed by atoms with Crippen LogP contribution < -0.4 is 12.3 Å². The van der Waals surface area contributed by atoms with Crippen LogP contribution in [-0.2, 0) is 9.13 Å². The molecule has 0 aliphatic rings. The average molecular weight is 407 g/mol. The molecule has 0 radical (unpaired) electrons. The van der Waals surface area contributed by atoms with E-state index in [1.54, 1.807) is 0 Å². The van der Waals surface area contributed by atoms with Crippen molar-refractivity contribution in [1.82, 2.24) is 17.2 Å². The van der Waals surface area contributed by atoms with Gasteiger partial charge >= 0.3 is 15.2 Å². The van der Waals surface area contributed by atoms with Gasteiger partial charge in [0.05, 0.1) is 0 Å². The normalized spacial score (nSPS) is 11.9. The topological polar surface area (TPSA) is 188 Å². The smallest absolute Gasteiger partial charge is 0.339 e. The van der Waals surface area contributed by atoms with Crippen LogP contribution in [0.3, 0.4) is 0 Å². The maximum atomic E-state index is 11.0. The van der Waals surface area contributed by atoms with E-state index in [2.05, 4.69) is 6.92 Å². The molecular weight excluding hydrogens is 368 g/mol. The Bertz CT molecular complexity index is 365. The summed E-state index contributed by atoms with van der Waals surface area (Å²) in [7, 11) is -8.61. The summed E-state index contributed by atoms with van der Waals surface area (Å²) in [6.45, 7) is 2.49. The number of rotatable bonds is 15. The Balaban J connectivity index is -0.00000242. The summed E-state index contributed by atoms with van der Waals surface area (Å²) in [6.07, 6.45) is 10.2. The number of unbranched alkanes of at least 4 members (excludes halogenated alkanes) is 9. The molecule has 9 nitrogen and oxygen atoms in total. The van der Waals surface area contributed by atoms with Crippen molar-refractivity contribution >= 4 is 15.2 Å². The van der Waals surface area contributed by atoms with Crippen LogP contribution in [0, 0.1) is 0 Å². The van der Waals surface area contributed by atoms with Gasteiger partial charge < -0.3 is 31.9 Å². The maximum Gasteiger partial charge on any atom is 0.339 e. The highest BCUT2D eigenvalue weighted by Gasteiger charge is 2.25. The van der Waals surface area contributed by atoms with E-state index in [0.717, 1.165) is 19.3 Å². The Hall–Kier alpha value is 0.180. The number of hydrogen-bond acceptors (Lipinski definition) is 5. The highest BCUT2D eigenvalue weighted by atomic mass is 31.2. The summed E-state index contributed by atoms with van der Waals surface area (Å²) in [4.78, 5) is 37.0. The summed E-state index contributed by atoms with van der Waals surface area (Å²) in [5.74, 6) is 0. The van der Waals surface area contributed by atoms with E-state index < -0.39 is 27.8 Å². The van der Waals surface area contributed by atoms with E-state index in [1.165, 1.54) is 43.4 Å². The molecule has 0 rings (SSSR count). The summed E-state index contributed by atoms with van der Waals surface area (Å²) in [5, 5.41) is 0. The van der Waals surface area contributed by atoms with Crippen molar-refractivity contribution in [3.8, 4) is 0 Å². The largest absolute Gasteiger partial charge is 0.344 e. The van der Waals surface area contributed by atoms with Gasteiger partial charge in [0.15, 0.2) is 0 Å². The second-order valence-corrected chi connectivity index (χ2v) is 9.41. The molecule has 11 heteroatoms. The summed E-state index contributed by atoms with van der Waals surface area (Å²) >= 11 is 0. The van der Waals surface area contributed by atoms with Crippen LogP contribution in [0.5, 0.6) is 0 Å². The van der Waals surface area contributed by atoms with Gasteiger partial charge in [0.25, 0.3) is 0 Å². The molecule has 0 bridgehead atoms. The zero-order valence-electron chi connectivity index (χ0n) is 15.6. The van der Waals surface area contributed by atoms with E-state index in [0.29, 0.717) is 13.0 Å². The van der Waals surface area contributed by atoms with Crippen molar-refractivity contribution in [2.75, 3.05) is 19.1 Å². The fraction of sp³-hybridized carbons (Fsp3) is 1.00. The van der Waals surface area contributed by atoms with Crippen molar-refractivity contribution in [3.05, 3.63) is 0 Å². The molecule has 0 saturated carbocycles. The first-order valence-corrected chi connectivity index (χ1v) is 12.0. The lowest BCUT2D eigenvalue weighted by molar-refractivity contribution is 0.273. The monoisotopic (exact) mass is 407 g/mol. The SMILES string of the molecule is CCCCCCCCCCCCN(CP(=O)(O)O)CP(=O)(O)O.N.N. The van der Waals surface area contributed by atoms with E-state index in [4.69, 9.17) is 19.6 Å². The minimum absolute atomic E-state index is 0. The molecule has 0 atom stereocenters. The Morgan fingerprint density at radius 3 is 1.28 bits per heavy atom. The van der Waals surface area contributed by atoms with E-state index in [9.17, 15) is 9.13 Å². The van der Waals surface area contributed by atoms with Gasteiger partial charge in [-0.25, -0.2) is 0 Å². The minimum atomic E-state index is -4.31. The lowest BCUT2D eigenvalue weighted by Crippen LogP contribution is -2.27. The van der Waals surface area contributed by atoms with Crippen LogP contribution >= 0.6 is 15.2 Å². The van der Waals surface area contributed by atoms with Gasteiger partial charge in [-0.2, -0.15) is 0 Å². The second kappa shape index (κ2) is 16.4. The number of nitrogens with zero attached hydrogens (tertiary/aromatic N) is 1. The molecule has 0 saturated heterocycles. The third-order valence-electron chi connectivity index (χ3n) is 3.60. The fourth-order valence-electron chi connectivity index (χ4n) is 2.53. The standard InChI is InChI=1S/C14H33NO6P2.2H3N/c1-2-3-4-5-6-7-8-9-10-11-12-15(13-22(16,17)18)14-23(19,20)21;;/h2-14H2,1H3,(H2,16,17,18)(H2,19,20,21);2*1H3. The molecule has 0 aromatic carbocycles. The highest BCUT2D eigenvalue weighted by molar-refractivity contribution is 7.52. The molecular formula is C14H39N3O6P2. The zero-order chi connectivity index (χ0) is 17.8. The van der Waals surface area contributed by atoms with Crippen molar-refractivity contribution in [3.63, 3.8) is 0 Å². The molecule has 0 aromatic rings. The zero-order valence-corrected chi connectivity index (χ0v) is 17.3. The van der Waals surface area contributed by atoms with E-state index in [-0.39, 0.29) is 12.3 Å². The molecule has 156 valence electrons. The first-order valence-electron chi connectivity index (χ1n) is 8.45. The Labute approximate surface area is 152 Å². The lowest BCUT2D eigenvalue weighted by atomic mass is 10.1. The van der Waals surface area contributed by atoms with E-state index >= 15 is 0 Å². The minimum Gasteiger partial charge on any atom is -0.344 e. The molecule has 0 aromatic heterocycles. The van der Waals surface area contributed by atoms with Crippen LogP contribution in [0.2, 0.25) is 0 Å². The van der Waals surface area contributed by atoms with Crippen LogP contribution in [0.1, 0.15) is 71.1 Å². The van der Waals surface area contributed by atoms with Gasteiger partial charge in [0.2, 0.25) is 0 Å². The van der Waals surface area contributed by atoms with Crippen molar-refractivity contribution in [2.45, 2.75) is 71.1 Å². The molecule has 10 N–H and O–H groups in total. The summed E-state index contributed by atoms with van der Waals surface area (Å²) in [5.41, 5.74) is 0. The average Bonchev–Trinajstić information content (AvgIpc) is 2.37. The van der Waals surface area contributed by atoms with Crippen molar-refractivity contribution in [2.24, 2.45) is 0 Å². The Morgan fingerprint density at radius 2 is 0.960 bits per heavy atom. The van der Waals surface area contributed by atoms with E-state index in [1.807, 2.05) is 0 Å². The maximum absolute atomic E-state index is 11.0. The summed E-state index contributed by atoms with van der Waals surface area (Å²) < 4.78 is 22.0. The van der Waals surface area contributed by atoms with Crippen molar-refractivity contribution < 1.29 is 28.7 Å². The van der Waals surface area contributed by atoms with Crippen LogP contribution in [0.25, 0.3) is 0 Å². The lowest BCUT2D eigenvalue weighted by Gasteiger charge is -2.22. The summed E-state index contributed by atoms with van der Waals surface area (Å²) in [6, 6.07) is 0. The van der Waals surface area contributed by atoms with Gasteiger partial charge in [0, 0.05) is 0 Å². The Kier molecular flexibility index (Phi) is 19.6.